The Kier molecular flexibility index (Phi) is 6.07. The maximum absolute atomic E-state index is 12.5. The fourth-order valence-corrected chi connectivity index (χ4v) is 2.80. The van der Waals surface area contributed by atoms with Crippen molar-refractivity contribution in [2.24, 2.45) is 0 Å². The van der Waals surface area contributed by atoms with Crippen LogP contribution in [0.2, 0.25) is 0 Å². The molecule has 0 spiro atoms. The van der Waals surface area contributed by atoms with Gasteiger partial charge < -0.3 is 14.8 Å². The number of para-hydroxylation sites is 1. The second-order valence-corrected chi connectivity index (χ2v) is 6.44. The van der Waals surface area contributed by atoms with Gasteiger partial charge in [-0.25, -0.2) is 0 Å². The average Bonchev–Trinajstić information content (AvgIpc) is 2.58. The Hall–Kier alpha value is -2.49. The normalized spacial score (nSPS) is 13.0. The van der Waals surface area contributed by atoms with E-state index in [9.17, 15) is 4.79 Å². The quantitative estimate of drug-likeness (QED) is 0.854. The van der Waals surface area contributed by atoms with Crippen molar-refractivity contribution in [1.82, 2.24) is 5.32 Å². The van der Waals surface area contributed by atoms with Gasteiger partial charge in [0, 0.05) is 5.56 Å². The third kappa shape index (κ3) is 4.53. The van der Waals surface area contributed by atoms with Gasteiger partial charge in [0.1, 0.15) is 11.5 Å². The number of hydrogen-bond donors (Lipinski definition) is 1. The van der Waals surface area contributed by atoms with Crippen LogP contribution in [0.3, 0.4) is 0 Å². The SMILES string of the molecule is COc1ccccc1[C@@H](C)NC(=O)[C@H](C)Oc1cc(C)cc(C)c1C. The molecule has 0 fully saturated rings. The van der Waals surface area contributed by atoms with Gasteiger partial charge in [0.2, 0.25) is 0 Å². The summed E-state index contributed by atoms with van der Waals surface area (Å²) in [5, 5.41) is 3.00. The van der Waals surface area contributed by atoms with E-state index in [2.05, 4.69) is 11.4 Å². The van der Waals surface area contributed by atoms with Crippen molar-refractivity contribution in [3.8, 4) is 11.5 Å². The highest BCUT2D eigenvalue weighted by molar-refractivity contribution is 5.81. The summed E-state index contributed by atoms with van der Waals surface area (Å²) < 4.78 is 11.3. The third-order valence-electron chi connectivity index (χ3n) is 4.40. The Morgan fingerprint density at radius 1 is 1.04 bits per heavy atom. The number of amides is 1. The highest BCUT2D eigenvalue weighted by atomic mass is 16.5. The van der Waals surface area contributed by atoms with Gasteiger partial charge in [-0.3, -0.25) is 4.79 Å². The number of carbonyl (C=O) groups is 1. The number of aryl methyl sites for hydroxylation is 2. The summed E-state index contributed by atoms with van der Waals surface area (Å²) >= 11 is 0. The maximum atomic E-state index is 12.5. The van der Waals surface area contributed by atoms with Gasteiger partial charge in [0.25, 0.3) is 5.91 Å². The van der Waals surface area contributed by atoms with E-state index in [0.717, 1.165) is 33.8 Å². The van der Waals surface area contributed by atoms with Crippen LogP contribution in [0.1, 0.15) is 42.1 Å². The lowest BCUT2D eigenvalue weighted by atomic mass is 10.1. The third-order valence-corrected chi connectivity index (χ3v) is 4.40. The molecule has 0 radical (unpaired) electrons. The monoisotopic (exact) mass is 341 g/mol. The molecule has 1 amide bonds. The molecule has 0 unspecified atom stereocenters. The van der Waals surface area contributed by atoms with E-state index in [-0.39, 0.29) is 11.9 Å². The van der Waals surface area contributed by atoms with Crippen LogP contribution >= 0.6 is 0 Å². The molecule has 0 saturated heterocycles. The minimum Gasteiger partial charge on any atom is -0.496 e. The summed E-state index contributed by atoms with van der Waals surface area (Å²) in [5.74, 6) is 1.36. The van der Waals surface area contributed by atoms with Crippen LogP contribution in [0, 0.1) is 20.8 Å². The van der Waals surface area contributed by atoms with Gasteiger partial charge in [0.15, 0.2) is 6.10 Å². The number of benzene rings is 2. The van der Waals surface area contributed by atoms with Crippen molar-refractivity contribution < 1.29 is 14.3 Å². The van der Waals surface area contributed by atoms with E-state index in [1.54, 1.807) is 14.0 Å². The van der Waals surface area contributed by atoms with Crippen molar-refractivity contribution in [3.63, 3.8) is 0 Å². The van der Waals surface area contributed by atoms with Gasteiger partial charge in [-0.15, -0.1) is 0 Å². The first-order valence-corrected chi connectivity index (χ1v) is 8.51. The van der Waals surface area contributed by atoms with E-state index in [1.165, 1.54) is 0 Å². The molecule has 2 aromatic carbocycles. The fourth-order valence-electron chi connectivity index (χ4n) is 2.80. The largest absolute Gasteiger partial charge is 0.496 e. The number of hydrogen-bond acceptors (Lipinski definition) is 3. The van der Waals surface area contributed by atoms with Crippen LogP contribution in [-0.2, 0) is 4.79 Å². The molecular formula is C21H27NO3. The average molecular weight is 341 g/mol. The van der Waals surface area contributed by atoms with Crippen LogP contribution in [0.4, 0.5) is 0 Å². The molecule has 0 aliphatic heterocycles. The van der Waals surface area contributed by atoms with Crippen molar-refractivity contribution in [1.29, 1.82) is 0 Å². The summed E-state index contributed by atoms with van der Waals surface area (Å²) in [4.78, 5) is 12.5. The van der Waals surface area contributed by atoms with Crippen LogP contribution in [0.15, 0.2) is 36.4 Å². The van der Waals surface area contributed by atoms with Gasteiger partial charge in [-0.1, -0.05) is 24.3 Å². The van der Waals surface area contributed by atoms with Gasteiger partial charge >= 0.3 is 0 Å². The van der Waals surface area contributed by atoms with Crippen molar-refractivity contribution in [2.75, 3.05) is 7.11 Å². The summed E-state index contributed by atoms with van der Waals surface area (Å²) in [6.45, 7) is 9.77. The standard InChI is InChI=1S/C21H27NO3/c1-13-11-14(2)15(3)20(12-13)25-17(5)21(23)22-16(4)18-9-7-8-10-19(18)24-6/h7-12,16-17H,1-6H3,(H,22,23)/t16-,17+/m1/s1. The number of carbonyl (C=O) groups excluding carboxylic acids is 1. The zero-order valence-electron chi connectivity index (χ0n) is 15.8. The Balaban J connectivity index is 2.08. The first-order chi connectivity index (χ1) is 11.8. The van der Waals surface area contributed by atoms with E-state index in [4.69, 9.17) is 9.47 Å². The molecule has 0 heterocycles. The number of ether oxygens (including phenoxy) is 2. The molecule has 4 nitrogen and oxygen atoms in total. The molecule has 0 aliphatic carbocycles. The van der Waals surface area contributed by atoms with E-state index in [1.807, 2.05) is 58.0 Å². The molecule has 134 valence electrons. The molecule has 4 heteroatoms. The predicted molar refractivity (Wildman–Crippen MR) is 100 cm³/mol. The second-order valence-electron chi connectivity index (χ2n) is 6.44. The zero-order valence-corrected chi connectivity index (χ0v) is 15.8. The predicted octanol–water partition coefficient (Wildman–Crippen LogP) is 4.27. The van der Waals surface area contributed by atoms with Crippen molar-refractivity contribution in [2.45, 2.75) is 46.8 Å². The number of methoxy groups -OCH3 is 1. The highest BCUT2D eigenvalue weighted by Gasteiger charge is 2.20. The van der Waals surface area contributed by atoms with Crippen molar-refractivity contribution >= 4 is 5.91 Å². The van der Waals surface area contributed by atoms with E-state index >= 15 is 0 Å². The minimum absolute atomic E-state index is 0.156. The maximum Gasteiger partial charge on any atom is 0.261 e. The van der Waals surface area contributed by atoms with E-state index < -0.39 is 6.10 Å². The Bertz CT molecular complexity index is 755. The summed E-state index contributed by atoms with van der Waals surface area (Å²) in [7, 11) is 1.63. The van der Waals surface area contributed by atoms with Crippen LogP contribution in [-0.4, -0.2) is 19.1 Å². The van der Waals surface area contributed by atoms with Crippen LogP contribution in [0.5, 0.6) is 11.5 Å². The number of rotatable bonds is 6. The lowest BCUT2D eigenvalue weighted by Crippen LogP contribution is -2.38. The summed E-state index contributed by atoms with van der Waals surface area (Å²) in [6.07, 6.45) is -0.586. The van der Waals surface area contributed by atoms with Gasteiger partial charge in [-0.05, 0) is 63.4 Å². The molecule has 0 aromatic heterocycles. The van der Waals surface area contributed by atoms with Crippen LogP contribution < -0.4 is 14.8 Å². The smallest absolute Gasteiger partial charge is 0.261 e. The zero-order chi connectivity index (χ0) is 18.6. The first-order valence-electron chi connectivity index (χ1n) is 8.51. The second kappa shape index (κ2) is 8.06. The Labute approximate surface area is 150 Å². The molecule has 0 bridgehead atoms. The topological polar surface area (TPSA) is 47.6 Å². The lowest BCUT2D eigenvalue weighted by Gasteiger charge is -2.21. The highest BCUT2D eigenvalue weighted by Crippen LogP contribution is 2.26. The minimum atomic E-state index is -0.586. The molecule has 2 aromatic rings. The molecule has 0 saturated carbocycles. The summed E-state index contributed by atoms with van der Waals surface area (Å²) in [5.41, 5.74) is 4.27. The Morgan fingerprint density at radius 3 is 2.40 bits per heavy atom. The molecular weight excluding hydrogens is 314 g/mol. The fraction of sp³-hybridized carbons (Fsp3) is 0.381. The molecule has 25 heavy (non-hydrogen) atoms. The van der Waals surface area contributed by atoms with E-state index in [0.29, 0.717) is 0 Å². The number of nitrogens with one attached hydrogen (secondary N) is 1. The van der Waals surface area contributed by atoms with Crippen molar-refractivity contribution in [3.05, 3.63) is 58.7 Å². The molecule has 2 rings (SSSR count). The first kappa shape index (κ1) is 18.8. The molecule has 2 atom stereocenters. The van der Waals surface area contributed by atoms with Gasteiger partial charge in [0.05, 0.1) is 13.2 Å². The van der Waals surface area contributed by atoms with Crippen LogP contribution in [0.25, 0.3) is 0 Å². The molecule has 0 aliphatic rings. The molecule has 1 N–H and O–H groups in total. The lowest BCUT2D eigenvalue weighted by molar-refractivity contribution is -0.127. The van der Waals surface area contributed by atoms with Gasteiger partial charge in [-0.2, -0.15) is 0 Å². The summed E-state index contributed by atoms with van der Waals surface area (Å²) in [6, 6.07) is 11.6. The Morgan fingerprint density at radius 2 is 1.72 bits per heavy atom.